The first-order valence-electron chi connectivity index (χ1n) is 6.79. The summed E-state index contributed by atoms with van der Waals surface area (Å²) in [5, 5.41) is 19.1. The van der Waals surface area contributed by atoms with Gasteiger partial charge in [-0.15, -0.1) is 0 Å². The van der Waals surface area contributed by atoms with Crippen LogP contribution in [0.3, 0.4) is 0 Å². The Labute approximate surface area is 113 Å². The summed E-state index contributed by atoms with van der Waals surface area (Å²) in [6, 6.07) is 0. The SMILES string of the molecule is CCCc1[nH]nc(C(=O)NC(CC)(CC)CO)c1N. The molecule has 0 bridgehead atoms. The number of aryl methyl sites for hydroxylation is 1. The maximum absolute atomic E-state index is 12.2. The van der Waals surface area contributed by atoms with Crippen LogP contribution in [0.15, 0.2) is 0 Å². The molecule has 1 aromatic heterocycles. The number of anilines is 1. The highest BCUT2D eigenvalue weighted by Gasteiger charge is 2.29. The minimum Gasteiger partial charge on any atom is -0.395 e. The van der Waals surface area contributed by atoms with Crippen molar-refractivity contribution in [2.75, 3.05) is 12.3 Å². The molecule has 0 aromatic carbocycles. The fourth-order valence-corrected chi connectivity index (χ4v) is 1.99. The van der Waals surface area contributed by atoms with Crippen LogP contribution in [0.2, 0.25) is 0 Å². The molecule has 108 valence electrons. The number of H-pyrrole nitrogens is 1. The Morgan fingerprint density at radius 3 is 2.53 bits per heavy atom. The van der Waals surface area contributed by atoms with E-state index >= 15 is 0 Å². The second-order valence-electron chi connectivity index (χ2n) is 4.81. The first-order valence-corrected chi connectivity index (χ1v) is 6.79. The highest BCUT2D eigenvalue weighted by molar-refractivity contribution is 5.98. The van der Waals surface area contributed by atoms with E-state index in [9.17, 15) is 9.90 Å². The van der Waals surface area contributed by atoms with Gasteiger partial charge in [0.1, 0.15) is 0 Å². The van der Waals surface area contributed by atoms with Crippen molar-refractivity contribution in [1.29, 1.82) is 0 Å². The summed E-state index contributed by atoms with van der Waals surface area (Å²) in [5.41, 5.74) is 6.71. The lowest BCUT2D eigenvalue weighted by molar-refractivity contribution is 0.0813. The molecule has 0 aliphatic heterocycles. The number of aromatic nitrogens is 2. The highest BCUT2D eigenvalue weighted by Crippen LogP contribution is 2.19. The van der Waals surface area contributed by atoms with Crippen molar-refractivity contribution in [3.8, 4) is 0 Å². The molecule has 0 radical (unpaired) electrons. The van der Waals surface area contributed by atoms with Gasteiger partial charge in [-0.2, -0.15) is 5.10 Å². The van der Waals surface area contributed by atoms with Crippen LogP contribution < -0.4 is 11.1 Å². The minimum absolute atomic E-state index is 0.0993. The smallest absolute Gasteiger partial charge is 0.274 e. The molecule has 0 fully saturated rings. The number of amides is 1. The number of nitrogens with one attached hydrogen (secondary N) is 2. The fourth-order valence-electron chi connectivity index (χ4n) is 1.99. The Hall–Kier alpha value is -1.56. The van der Waals surface area contributed by atoms with Gasteiger partial charge in [-0.25, -0.2) is 0 Å². The average molecular weight is 268 g/mol. The number of aliphatic hydroxyl groups is 1. The Balaban J connectivity index is 2.89. The van der Waals surface area contributed by atoms with E-state index in [2.05, 4.69) is 15.5 Å². The van der Waals surface area contributed by atoms with Crippen LogP contribution in [0.25, 0.3) is 0 Å². The molecular formula is C13H24N4O2. The molecule has 0 spiro atoms. The molecule has 0 unspecified atom stereocenters. The van der Waals surface area contributed by atoms with E-state index in [1.54, 1.807) is 0 Å². The quantitative estimate of drug-likeness (QED) is 0.597. The second kappa shape index (κ2) is 6.56. The van der Waals surface area contributed by atoms with Crippen molar-refractivity contribution in [2.45, 2.75) is 52.0 Å². The standard InChI is InChI=1S/C13H24N4O2/c1-4-7-9-10(14)11(17-16-9)12(19)15-13(5-2,6-3)8-18/h18H,4-8,14H2,1-3H3,(H,15,19)(H,16,17). The summed E-state index contributed by atoms with van der Waals surface area (Å²) in [6.45, 7) is 5.79. The molecule has 19 heavy (non-hydrogen) atoms. The number of rotatable bonds is 7. The molecule has 0 aliphatic rings. The molecule has 6 nitrogen and oxygen atoms in total. The van der Waals surface area contributed by atoms with Gasteiger partial charge in [0.25, 0.3) is 5.91 Å². The average Bonchev–Trinajstić information content (AvgIpc) is 2.78. The first kappa shape index (κ1) is 15.5. The van der Waals surface area contributed by atoms with Crippen molar-refractivity contribution in [2.24, 2.45) is 0 Å². The van der Waals surface area contributed by atoms with Crippen LogP contribution in [0.4, 0.5) is 5.69 Å². The molecule has 1 amide bonds. The van der Waals surface area contributed by atoms with Crippen LogP contribution >= 0.6 is 0 Å². The lowest BCUT2D eigenvalue weighted by Gasteiger charge is -2.30. The van der Waals surface area contributed by atoms with Crippen LogP contribution in [0.5, 0.6) is 0 Å². The van der Waals surface area contributed by atoms with E-state index in [1.165, 1.54) is 0 Å². The lowest BCUT2D eigenvalue weighted by atomic mass is 9.93. The molecule has 0 atom stereocenters. The summed E-state index contributed by atoms with van der Waals surface area (Å²) >= 11 is 0. The summed E-state index contributed by atoms with van der Waals surface area (Å²) in [7, 11) is 0. The lowest BCUT2D eigenvalue weighted by Crippen LogP contribution is -2.50. The number of nitrogen functional groups attached to an aromatic ring is 1. The number of aromatic amines is 1. The van der Waals surface area contributed by atoms with Crippen molar-refractivity contribution in [3.05, 3.63) is 11.4 Å². The normalized spacial score (nSPS) is 11.6. The van der Waals surface area contributed by atoms with E-state index in [0.29, 0.717) is 18.5 Å². The molecular weight excluding hydrogens is 244 g/mol. The number of hydrogen-bond acceptors (Lipinski definition) is 4. The van der Waals surface area contributed by atoms with Crippen LogP contribution in [0.1, 0.15) is 56.2 Å². The van der Waals surface area contributed by atoms with Gasteiger partial charge >= 0.3 is 0 Å². The van der Waals surface area contributed by atoms with Gasteiger partial charge < -0.3 is 16.2 Å². The number of carbonyl (C=O) groups excluding carboxylic acids is 1. The van der Waals surface area contributed by atoms with Crippen LogP contribution in [0, 0.1) is 0 Å². The van der Waals surface area contributed by atoms with Crippen LogP contribution in [-0.2, 0) is 6.42 Å². The van der Waals surface area contributed by atoms with Gasteiger partial charge in [0.2, 0.25) is 0 Å². The van der Waals surface area contributed by atoms with E-state index in [-0.39, 0.29) is 18.2 Å². The van der Waals surface area contributed by atoms with Crippen LogP contribution in [-0.4, -0.2) is 33.4 Å². The van der Waals surface area contributed by atoms with E-state index in [1.807, 2.05) is 20.8 Å². The molecule has 5 N–H and O–H groups in total. The Kier molecular flexibility index (Phi) is 5.35. The largest absolute Gasteiger partial charge is 0.395 e. The van der Waals surface area contributed by atoms with Gasteiger partial charge in [-0.1, -0.05) is 27.2 Å². The Morgan fingerprint density at radius 1 is 1.42 bits per heavy atom. The van der Waals surface area contributed by atoms with E-state index in [0.717, 1.165) is 18.5 Å². The molecule has 0 aliphatic carbocycles. The Morgan fingerprint density at radius 2 is 2.05 bits per heavy atom. The van der Waals surface area contributed by atoms with Gasteiger partial charge in [0, 0.05) is 0 Å². The highest BCUT2D eigenvalue weighted by atomic mass is 16.3. The zero-order valence-electron chi connectivity index (χ0n) is 11.9. The maximum atomic E-state index is 12.2. The first-order chi connectivity index (χ1) is 9.03. The zero-order valence-corrected chi connectivity index (χ0v) is 11.9. The number of aliphatic hydroxyl groups excluding tert-OH is 1. The van der Waals surface area contributed by atoms with Crippen molar-refractivity contribution in [1.82, 2.24) is 15.5 Å². The molecule has 1 heterocycles. The van der Waals surface area contributed by atoms with E-state index in [4.69, 9.17) is 5.73 Å². The number of nitrogens with zero attached hydrogens (tertiary/aromatic N) is 1. The Bertz CT molecular complexity index is 416. The van der Waals surface area contributed by atoms with Gasteiger partial charge in [0.05, 0.1) is 23.5 Å². The van der Waals surface area contributed by atoms with Gasteiger partial charge in [-0.3, -0.25) is 9.89 Å². The van der Waals surface area contributed by atoms with E-state index < -0.39 is 5.54 Å². The third-order valence-electron chi connectivity index (χ3n) is 3.63. The fraction of sp³-hybridized carbons (Fsp3) is 0.692. The summed E-state index contributed by atoms with van der Waals surface area (Å²) in [4.78, 5) is 12.2. The predicted molar refractivity (Wildman–Crippen MR) is 74.9 cm³/mol. The molecule has 1 rings (SSSR count). The monoisotopic (exact) mass is 268 g/mol. The van der Waals surface area contributed by atoms with Crippen molar-refractivity contribution < 1.29 is 9.90 Å². The predicted octanol–water partition coefficient (Wildman–Crippen LogP) is 1.23. The van der Waals surface area contributed by atoms with Crippen molar-refractivity contribution >= 4 is 11.6 Å². The molecule has 6 heteroatoms. The van der Waals surface area contributed by atoms with Gasteiger partial charge in [-0.05, 0) is 19.3 Å². The topological polar surface area (TPSA) is 104 Å². The maximum Gasteiger partial charge on any atom is 0.274 e. The molecule has 0 saturated carbocycles. The molecule has 1 aromatic rings. The van der Waals surface area contributed by atoms with Gasteiger partial charge in [0.15, 0.2) is 5.69 Å². The molecule has 0 saturated heterocycles. The number of carbonyl (C=O) groups is 1. The van der Waals surface area contributed by atoms with Crippen molar-refractivity contribution in [3.63, 3.8) is 0 Å². The minimum atomic E-state index is -0.604. The number of hydrogen-bond donors (Lipinski definition) is 4. The third-order valence-corrected chi connectivity index (χ3v) is 3.63. The third kappa shape index (κ3) is 3.26. The summed E-state index contributed by atoms with van der Waals surface area (Å²) in [6.07, 6.45) is 2.99. The summed E-state index contributed by atoms with van der Waals surface area (Å²) < 4.78 is 0. The zero-order chi connectivity index (χ0) is 14.5. The summed E-state index contributed by atoms with van der Waals surface area (Å²) in [5.74, 6) is -0.339. The second-order valence-corrected chi connectivity index (χ2v) is 4.81. The number of nitrogens with two attached hydrogens (primary N) is 1.